The van der Waals surface area contributed by atoms with Crippen LogP contribution in [-0.4, -0.2) is 61.1 Å². The van der Waals surface area contributed by atoms with E-state index in [9.17, 15) is 4.79 Å². The van der Waals surface area contributed by atoms with Crippen molar-refractivity contribution in [3.05, 3.63) is 23.8 Å². The predicted octanol–water partition coefficient (Wildman–Crippen LogP) is 3.18. The topological polar surface area (TPSA) is 42.0 Å². The second-order valence-electron chi connectivity index (χ2n) is 6.79. The highest BCUT2D eigenvalue weighted by Crippen LogP contribution is 2.29. The summed E-state index contributed by atoms with van der Waals surface area (Å²) in [6, 6.07) is 6.25. The molecule has 0 aromatic heterocycles. The number of carbonyl (C=O) groups is 1. The van der Waals surface area contributed by atoms with Crippen molar-refractivity contribution < 1.29 is 14.3 Å². The van der Waals surface area contributed by atoms with Crippen LogP contribution >= 0.6 is 0 Å². The van der Waals surface area contributed by atoms with Crippen molar-refractivity contribution in [2.45, 2.75) is 45.6 Å². The third-order valence-electron chi connectivity index (χ3n) is 5.23. The van der Waals surface area contributed by atoms with E-state index >= 15 is 0 Å². The Morgan fingerprint density at radius 1 is 1.00 bits per heavy atom. The highest BCUT2D eigenvalue weighted by atomic mass is 16.5. The van der Waals surface area contributed by atoms with Crippen molar-refractivity contribution in [3.8, 4) is 11.5 Å². The smallest absolute Gasteiger partial charge is 0.254 e. The third-order valence-corrected chi connectivity index (χ3v) is 5.23. The first kappa shape index (κ1) is 18.1. The maximum atomic E-state index is 12.9. The average Bonchev–Trinajstić information content (AvgIpc) is 3.18. The first-order valence-corrected chi connectivity index (χ1v) is 9.66. The van der Waals surface area contributed by atoms with Gasteiger partial charge in [0, 0.05) is 37.8 Å². The minimum atomic E-state index is 0.0927. The van der Waals surface area contributed by atoms with Gasteiger partial charge in [-0.1, -0.05) is 12.8 Å². The van der Waals surface area contributed by atoms with E-state index in [1.165, 1.54) is 25.7 Å². The summed E-state index contributed by atoms with van der Waals surface area (Å²) in [5, 5.41) is 0. The van der Waals surface area contributed by atoms with E-state index in [2.05, 4.69) is 4.90 Å². The summed E-state index contributed by atoms with van der Waals surface area (Å²) in [7, 11) is 0. The number of nitrogens with zero attached hydrogens (tertiary/aromatic N) is 2. The monoisotopic (exact) mass is 346 g/mol. The molecule has 1 aliphatic heterocycles. The summed E-state index contributed by atoms with van der Waals surface area (Å²) in [5.74, 6) is 1.45. The van der Waals surface area contributed by atoms with Crippen LogP contribution in [0.1, 0.15) is 49.9 Å². The SMILES string of the molecule is CCOc1ccc(C(=O)N2CCN(C3CCCC3)CC2)cc1OCC. The van der Waals surface area contributed by atoms with Crippen LogP contribution in [0, 0.1) is 0 Å². The largest absolute Gasteiger partial charge is 0.490 e. The van der Waals surface area contributed by atoms with Gasteiger partial charge in [-0.3, -0.25) is 9.69 Å². The molecule has 0 N–H and O–H groups in total. The first-order chi connectivity index (χ1) is 12.2. The zero-order valence-corrected chi connectivity index (χ0v) is 15.5. The van der Waals surface area contributed by atoms with Crippen LogP contribution in [0.5, 0.6) is 11.5 Å². The molecule has 1 amide bonds. The molecule has 2 aliphatic rings. The van der Waals surface area contributed by atoms with E-state index in [-0.39, 0.29) is 5.91 Å². The van der Waals surface area contributed by atoms with Gasteiger partial charge in [0.25, 0.3) is 5.91 Å². The van der Waals surface area contributed by atoms with E-state index < -0.39 is 0 Å². The lowest BCUT2D eigenvalue weighted by Gasteiger charge is -2.38. The van der Waals surface area contributed by atoms with Gasteiger partial charge in [0.15, 0.2) is 11.5 Å². The molecule has 1 aromatic rings. The fourth-order valence-electron chi connectivity index (χ4n) is 3.93. The Morgan fingerprint density at radius 3 is 2.28 bits per heavy atom. The van der Waals surface area contributed by atoms with Gasteiger partial charge in [-0.25, -0.2) is 0 Å². The van der Waals surface area contributed by atoms with Crippen LogP contribution in [0.4, 0.5) is 0 Å². The molecule has 5 nitrogen and oxygen atoms in total. The summed E-state index contributed by atoms with van der Waals surface area (Å²) >= 11 is 0. The van der Waals surface area contributed by atoms with Crippen molar-refractivity contribution in [3.63, 3.8) is 0 Å². The number of carbonyl (C=O) groups excluding carboxylic acids is 1. The fourth-order valence-corrected chi connectivity index (χ4v) is 3.93. The molecular formula is C20H30N2O3. The van der Waals surface area contributed by atoms with Crippen LogP contribution in [0.3, 0.4) is 0 Å². The molecule has 1 aromatic carbocycles. The Kier molecular flexibility index (Phi) is 6.19. The molecule has 0 atom stereocenters. The lowest BCUT2D eigenvalue weighted by Crippen LogP contribution is -2.51. The predicted molar refractivity (Wildman–Crippen MR) is 98.5 cm³/mol. The Hall–Kier alpha value is -1.75. The number of piperazine rings is 1. The zero-order chi connectivity index (χ0) is 17.6. The van der Waals surface area contributed by atoms with Crippen LogP contribution in [0.15, 0.2) is 18.2 Å². The molecule has 5 heteroatoms. The van der Waals surface area contributed by atoms with Crippen LogP contribution < -0.4 is 9.47 Å². The molecule has 1 saturated carbocycles. The van der Waals surface area contributed by atoms with Gasteiger partial charge in [-0.2, -0.15) is 0 Å². The minimum absolute atomic E-state index is 0.0927. The van der Waals surface area contributed by atoms with Gasteiger partial charge in [0.1, 0.15) is 0 Å². The van der Waals surface area contributed by atoms with E-state index in [1.807, 2.05) is 36.9 Å². The molecule has 2 fully saturated rings. The molecule has 3 rings (SSSR count). The number of ether oxygens (including phenoxy) is 2. The standard InChI is InChI=1S/C20H30N2O3/c1-3-24-18-10-9-16(15-19(18)25-4-2)20(23)22-13-11-21(12-14-22)17-7-5-6-8-17/h9-10,15,17H,3-8,11-14H2,1-2H3. The molecule has 1 aliphatic carbocycles. The number of hydrogen-bond acceptors (Lipinski definition) is 4. The van der Waals surface area contributed by atoms with Crippen molar-refractivity contribution in [1.29, 1.82) is 0 Å². The summed E-state index contributed by atoms with van der Waals surface area (Å²) in [6.45, 7) is 8.62. The second-order valence-corrected chi connectivity index (χ2v) is 6.79. The maximum absolute atomic E-state index is 12.9. The van der Waals surface area contributed by atoms with Crippen molar-refractivity contribution in [1.82, 2.24) is 9.80 Å². The summed E-state index contributed by atoms with van der Waals surface area (Å²) in [5.41, 5.74) is 0.682. The van der Waals surface area contributed by atoms with Gasteiger partial charge in [-0.05, 0) is 44.9 Å². The number of amides is 1. The molecule has 0 spiro atoms. The highest BCUT2D eigenvalue weighted by molar-refractivity contribution is 5.95. The molecule has 1 heterocycles. The third kappa shape index (κ3) is 4.27. The van der Waals surface area contributed by atoms with E-state index in [0.717, 1.165) is 32.2 Å². The fraction of sp³-hybridized carbons (Fsp3) is 0.650. The normalized spacial score (nSPS) is 19.2. The lowest BCUT2D eigenvalue weighted by atomic mass is 10.1. The Bertz CT molecular complexity index is 576. The maximum Gasteiger partial charge on any atom is 0.254 e. The Balaban J connectivity index is 1.63. The number of rotatable bonds is 6. The molecule has 1 saturated heterocycles. The van der Waals surface area contributed by atoms with Crippen molar-refractivity contribution in [2.75, 3.05) is 39.4 Å². The first-order valence-electron chi connectivity index (χ1n) is 9.66. The highest BCUT2D eigenvalue weighted by Gasteiger charge is 2.28. The Morgan fingerprint density at radius 2 is 1.64 bits per heavy atom. The number of benzene rings is 1. The lowest BCUT2D eigenvalue weighted by molar-refractivity contribution is 0.0573. The van der Waals surface area contributed by atoms with Gasteiger partial charge in [0.05, 0.1) is 13.2 Å². The van der Waals surface area contributed by atoms with Crippen molar-refractivity contribution in [2.24, 2.45) is 0 Å². The summed E-state index contributed by atoms with van der Waals surface area (Å²) in [6.07, 6.45) is 5.36. The van der Waals surface area contributed by atoms with Gasteiger partial charge in [-0.15, -0.1) is 0 Å². The zero-order valence-electron chi connectivity index (χ0n) is 15.5. The Labute approximate surface area is 150 Å². The molecule has 0 bridgehead atoms. The van der Waals surface area contributed by atoms with E-state index in [0.29, 0.717) is 30.3 Å². The van der Waals surface area contributed by atoms with Crippen molar-refractivity contribution >= 4 is 5.91 Å². The second kappa shape index (κ2) is 8.56. The van der Waals surface area contributed by atoms with Gasteiger partial charge >= 0.3 is 0 Å². The minimum Gasteiger partial charge on any atom is -0.490 e. The molecule has 0 unspecified atom stereocenters. The van der Waals surface area contributed by atoms with E-state index in [1.54, 1.807) is 0 Å². The summed E-state index contributed by atoms with van der Waals surface area (Å²) < 4.78 is 11.2. The van der Waals surface area contributed by atoms with Crippen LogP contribution in [-0.2, 0) is 0 Å². The quantitative estimate of drug-likeness (QED) is 0.793. The van der Waals surface area contributed by atoms with Gasteiger partial charge < -0.3 is 14.4 Å². The average molecular weight is 346 g/mol. The van der Waals surface area contributed by atoms with Gasteiger partial charge in [0.2, 0.25) is 0 Å². The van der Waals surface area contributed by atoms with E-state index in [4.69, 9.17) is 9.47 Å². The number of hydrogen-bond donors (Lipinski definition) is 0. The van der Waals surface area contributed by atoms with Crippen LogP contribution in [0.2, 0.25) is 0 Å². The van der Waals surface area contributed by atoms with Crippen LogP contribution in [0.25, 0.3) is 0 Å². The summed E-state index contributed by atoms with van der Waals surface area (Å²) in [4.78, 5) is 17.4. The molecular weight excluding hydrogens is 316 g/mol. The molecule has 25 heavy (non-hydrogen) atoms. The molecule has 0 radical (unpaired) electrons. The molecule has 138 valence electrons.